The van der Waals surface area contributed by atoms with Gasteiger partial charge >= 0.3 is 7.40 Å². The van der Waals surface area contributed by atoms with Gasteiger partial charge in [0.25, 0.3) is 0 Å². The molecule has 0 aliphatic heterocycles. The van der Waals surface area contributed by atoms with Crippen LogP contribution < -0.4 is 6.15 Å². The van der Waals surface area contributed by atoms with E-state index in [0.29, 0.717) is 0 Å². The first-order valence-corrected chi connectivity index (χ1v) is 7.40. The predicted molar refractivity (Wildman–Crippen MR) is 94.4 cm³/mol. The van der Waals surface area contributed by atoms with Crippen LogP contribution >= 0.6 is 0 Å². The second-order valence-corrected chi connectivity index (χ2v) is 5.19. The van der Waals surface area contributed by atoms with Gasteiger partial charge in [-0.1, -0.05) is 91.0 Å². The quantitative estimate of drug-likeness (QED) is 0.549. The third kappa shape index (κ3) is 3.38. The van der Waals surface area contributed by atoms with Crippen molar-refractivity contribution in [1.82, 2.24) is 6.15 Å². The Kier molecular flexibility index (Phi) is 5.87. The Morgan fingerprint density at radius 1 is 0.667 bits per heavy atom. The minimum Gasteiger partial charge on any atom is -0.398 e. The molecule has 3 rings (SSSR count). The van der Waals surface area contributed by atoms with Crippen LogP contribution in [0.2, 0.25) is 0 Å². The monoisotopic (exact) mass is 323 g/mol. The zero-order valence-corrected chi connectivity index (χ0v) is 13.2. The average Bonchev–Trinajstić information content (AvgIpc) is 2.62. The van der Waals surface area contributed by atoms with Gasteiger partial charge in [0, 0.05) is 0 Å². The molecule has 3 nitrogen and oxygen atoms in total. The van der Waals surface area contributed by atoms with E-state index in [-0.39, 0.29) is 6.15 Å². The van der Waals surface area contributed by atoms with Crippen molar-refractivity contribution < 1.29 is 14.0 Å². The van der Waals surface area contributed by atoms with Crippen molar-refractivity contribution in [1.29, 1.82) is 0 Å². The molecule has 122 valence electrons. The summed E-state index contributed by atoms with van der Waals surface area (Å²) in [5.74, 6) is 0. The van der Waals surface area contributed by atoms with Gasteiger partial charge in [-0.2, -0.15) is 0 Å². The van der Waals surface area contributed by atoms with E-state index in [1.54, 1.807) is 0 Å². The summed E-state index contributed by atoms with van der Waals surface area (Å²) in [6.45, 7) is 0. The molecule has 24 heavy (non-hydrogen) atoms. The van der Waals surface area contributed by atoms with Crippen LogP contribution in [0.5, 0.6) is 0 Å². The molecule has 0 aliphatic carbocycles. The highest BCUT2D eigenvalue weighted by Crippen LogP contribution is 2.40. The molecule has 0 amide bonds. The third-order valence-corrected chi connectivity index (χ3v) is 3.81. The Morgan fingerprint density at radius 3 is 1.21 bits per heavy atom. The van der Waals surface area contributed by atoms with E-state index in [9.17, 15) is 9.34 Å². The van der Waals surface area contributed by atoms with Crippen molar-refractivity contribution in [2.45, 2.75) is 5.60 Å². The van der Waals surface area contributed by atoms with Crippen LogP contribution in [0.1, 0.15) is 16.7 Å². The van der Waals surface area contributed by atoms with Crippen LogP contribution in [-0.4, -0.2) is 12.4 Å². The van der Waals surface area contributed by atoms with Gasteiger partial charge in [-0.05, 0) is 16.7 Å². The Labute approximate surface area is 141 Å². The molecule has 0 saturated carbocycles. The second-order valence-electron chi connectivity index (χ2n) is 5.19. The molecule has 0 heterocycles. The van der Waals surface area contributed by atoms with Gasteiger partial charge in [0.1, 0.15) is 5.60 Å². The van der Waals surface area contributed by atoms with Crippen molar-refractivity contribution in [3.63, 3.8) is 0 Å². The Bertz CT molecular complexity index is 642. The largest absolute Gasteiger partial charge is 0.678 e. The maximum atomic E-state index is 13.6. The number of hydrogen-bond acceptors (Lipinski definition) is 3. The zero-order valence-electron chi connectivity index (χ0n) is 13.2. The molecule has 0 fully saturated rings. The standard InChI is InChI=1S/C19H16BFO2.H3N/c21-20(22)23-19(16-10-4-1-5-11-16,17-12-6-2-7-13-17)18-14-8-3-9-15-18;/h1-15,22H;1H3. The summed E-state index contributed by atoms with van der Waals surface area (Å²) >= 11 is 0. The molecule has 0 saturated heterocycles. The highest BCUT2D eigenvalue weighted by Gasteiger charge is 2.41. The third-order valence-electron chi connectivity index (χ3n) is 3.81. The van der Waals surface area contributed by atoms with Crippen LogP contribution in [0.4, 0.5) is 4.32 Å². The number of hydrogen-bond donors (Lipinski definition) is 2. The van der Waals surface area contributed by atoms with Gasteiger partial charge in [0.15, 0.2) is 0 Å². The molecule has 0 spiro atoms. The first kappa shape index (κ1) is 17.9. The normalized spacial score (nSPS) is 10.8. The lowest BCUT2D eigenvalue weighted by Crippen LogP contribution is -2.37. The van der Waals surface area contributed by atoms with E-state index < -0.39 is 13.0 Å². The Balaban J connectivity index is 0.00000208. The van der Waals surface area contributed by atoms with Crippen LogP contribution in [-0.2, 0) is 10.3 Å². The van der Waals surface area contributed by atoms with E-state index in [1.165, 1.54) is 0 Å². The van der Waals surface area contributed by atoms with Gasteiger partial charge in [-0.15, -0.1) is 0 Å². The van der Waals surface area contributed by atoms with Crippen molar-refractivity contribution in [3.05, 3.63) is 108 Å². The minimum absolute atomic E-state index is 0. The summed E-state index contributed by atoms with van der Waals surface area (Å²) in [7, 11) is -2.41. The summed E-state index contributed by atoms with van der Waals surface area (Å²) in [6.07, 6.45) is 0. The van der Waals surface area contributed by atoms with Crippen LogP contribution in [0, 0.1) is 0 Å². The molecule has 3 aromatic carbocycles. The maximum Gasteiger partial charge on any atom is 0.678 e. The van der Waals surface area contributed by atoms with E-state index in [0.717, 1.165) is 16.7 Å². The number of rotatable bonds is 5. The van der Waals surface area contributed by atoms with E-state index in [4.69, 9.17) is 4.65 Å². The molecule has 0 aromatic heterocycles. The van der Waals surface area contributed by atoms with Crippen molar-refractivity contribution in [2.75, 3.05) is 0 Å². The van der Waals surface area contributed by atoms with E-state index in [1.807, 2.05) is 91.0 Å². The molecule has 0 bridgehead atoms. The van der Waals surface area contributed by atoms with Crippen molar-refractivity contribution in [2.24, 2.45) is 0 Å². The molecule has 4 N–H and O–H groups in total. The average molecular weight is 323 g/mol. The Hall–Kier alpha value is -2.47. The second kappa shape index (κ2) is 7.88. The fourth-order valence-electron chi connectivity index (χ4n) is 2.87. The molecular formula is C19H19BFNO2. The molecule has 3 aromatic rings. The summed E-state index contributed by atoms with van der Waals surface area (Å²) in [6, 6.07) is 28.0. The SMILES string of the molecule is N.OB(F)OC(c1ccccc1)(c1ccccc1)c1ccccc1. The van der Waals surface area contributed by atoms with Gasteiger partial charge in [-0.25, -0.2) is 0 Å². The van der Waals surface area contributed by atoms with E-state index >= 15 is 0 Å². The molecule has 0 radical (unpaired) electrons. The van der Waals surface area contributed by atoms with Crippen LogP contribution in [0.3, 0.4) is 0 Å². The first-order valence-electron chi connectivity index (χ1n) is 7.40. The van der Waals surface area contributed by atoms with Gasteiger partial charge in [0.2, 0.25) is 0 Å². The van der Waals surface area contributed by atoms with Gasteiger partial charge in [0.05, 0.1) is 0 Å². The molecule has 0 unspecified atom stereocenters. The first-order chi connectivity index (χ1) is 11.2. The molecule has 0 aliphatic rings. The lowest BCUT2D eigenvalue weighted by atomic mass is 9.79. The number of halogens is 1. The Morgan fingerprint density at radius 2 is 0.958 bits per heavy atom. The van der Waals surface area contributed by atoms with Crippen LogP contribution in [0.25, 0.3) is 0 Å². The fourth-order valence-corrected chi connectivity index (χ4v) is 2.87. The van der Waals surface area contributed by atoms with Crippen molar-refractivity contribution in [3.8, 4) is 0 Å². The summed E-state index contributed by atoms with van der Waals surface area (Å²) in [4.78, 5) is 0. The highest BCUT2D eigenvalue weighted by molar-refractivity contribution is 6.33. The summed E-state index contributed by atoms with van der Waals surface area (Å²) in [5.41, 5.74) is 1.01. The van der Waals surface area contributed by atoms with E-state index in [2.05, 4.69) is 0 Å². The minimum atomic E-state index is -2.41. The van der Waals surface area contributed by atoms with Crippen molar-refractivity contribution >= 4 is 7.40 Å². The smallest absolute Gasteiger partial charge is 0.398 e. The molecule has 0 atom stereocenters. The highest BCUT2D eigenvalue weighted by atomic mass is 19.1. The molecular weight excluding hydrogens is 304 g/mol. The summed E-state index contributed by atoms with van der Waals surface area (Å²) in [5, 5.41) is 9.38. The zero-order chi connectivity index (χ0) is 16.1. The topological polar surface area (TPSA) is 64.5 Å². The van der Waals surface area contributed by atoms with Gasteiger partial charge < -0.3 is 15.8 Å². The fraction of sp³-hybridized carbons (Fsp3) is 0.0526. The summed E-state index contributed by atoms with van der Waals surface area (Å²) < 4.78 is 19.1. The lowest BCUT2D eigenvalue weighted by Gasteiger charge is -2.35. The maximum absolute atomic E-state index is 13.6. The van der Waals surface area contributed by atoms with Gasteiger partial charge in [-0.3, -0.25) is 4.32 Å². The molecule has 5 heteroatoms. The van der Waals surface area contributed by atoms with Crippen LogP contribution in [0.15, 0.2) is 91.0 Å². The lowest BCUT2D eigenvalue weighted by molar-refractivity contribution is 0.100. The number of benzene rings is 3. The predicted octanol–water partition coefficient (Wildman–Crippen LogP) is 4.10.